The predicted octanol–water partition coefficient (Wildman–Crippen LogP) is 4.32. The highest BCUT2D eigenvalue weighted by molar-refractivity contribution is 6.37. The van der Waals surface area contributed by atoms with Crippen LogP contribution in [0.25, 0.3) is 10.9 Å². The molecule has 1 aromatic carbocycles. The molecule has 3 aromatic heterocycles. The Hall–Kier alpha value is -3.30. The van der Waals surface area contributed by atoms with Gasteiger partial charge in [-0.2, -0.15) is 15.1 Å². The third kappa shape index (κ3) is 4.14. The van der Waals surface area contributed by atoms with E-state index in [0.717, 1.165) is 41.2 Å². The number of benzene rings is 1. The van der Waals surface area contributed by atoms with E-state index in [-0.39, 0.29) is 6.01 Å². The van der Waals surface area contributed by atoms with E-state index in [1.165, 1.54) is 0 Å². The molecular weight excluding hydrogens is 418 g/mol. The third-order valence-electron chi connectivity index (χ3n) is 5.03. The number of nitrogens with zero attached hydrogens (tertiary/aromatic N) is 4. The molecule has 0 spiro atoms. The van der Waals surface area contributed by atoms with Crippen LogP contribution in [0.3, 0.4) is 0 Å². The van der Waals surface area contributed by atoms with Crippen LogP contribution in [0, 0.1) is 13.8 Å². The highest BCUT2D eigenvalue weighted by Crippen LogP contribution is 2.36. The molecule has 1 aliphatic rings. The van der Waals surface area contributed by atoms with E-state index in [4.69, 9.17) is 21.1 Å². The molecule has 0 radical (unpaired) electrons. The molecule has 1 saturated heterocycles. The van der Waals surface area contributed by atoms with Gasteiger partial charge in [0.2, 0.25) is 0 Å². The van der Waals surface area contributed by atoms with E-state index in [1.807, 2.05) is 44.2 Å². The summed E-state index contributed by atoms with van der Waals surface area (Å²) >= 11 is 6.61. The maximum Gasteiger partial charge on any atom is 0.325 e. The normalized spacial score (nSPS) is 14.2. The first kappa shape index (κ1) is 19.7. The number of aromatic nitrogens is 5. The van der Waals surface area contributed by atoms with Crippen molar-refractivity contribution in [1.82, 2.24) is 25.1 Å². The van der Waals surface area contributed by atoms with E-state index in [2.05, 4.69) is 35.4 Å². The Balaban J connectivity index is 1.50. The van der Waals surface area contributed by atoms with Crippen LogP contribution in [-0.4, -0.2) is 51.5 Å². The van der Waals surface area contributed by atoms with Gasteiger partial charge < -0.3 is 24.7 Å². The number of anilines is 3. The number of morpholine rings is 1. The number of rotatable bonds is 5. The van der Waals surface area contributed by atoms with Crippen LogP contribution in [-0.2, 0) is 4.74 Å². The van der Waals surface area contributed by atoms with Gasteiger partial charge in [-0.3, -0.25) is 5.10 Å². The molecule has 0 bridgehead atoms. The second-order valence-corrected chi connectivity index (χ2v) is 7.83. The first-order valence-electron chi connectivity index (χ1n) is 10.0. The molecule has 0 aliphatic carbocycles. The Morgan fingerprint density at radius 2 is 1.90 bits per heavy atom. The molecule has 0 saturated carbocycles. The minimum Gasteiger partial charge on any atom is -0.423 e. The molecule has 9 nitrogen and oxygen atoms in total. The van der Waals surface area contributed by atoms with Crippen LogP contribution in [0.15, 0.2) is 30.3 Å². The van der Waals surface area contributed by atoms with Gasteiger partial charge in [-0.15, -0.1) is 0 Å². The molecule has 0 unspecified atom stereocenters. The zero-order valence-corrected chi connectivity index (χ0v) is 18.0. The maximum atomic E-state index is 6.61. The lowest BCUT2D eigenvalue weighted by Gasteiger charge is -2.28. The zero-order valence-electron chi connectivity index (χ0n) is 17.2. The van der Waals surface area contributed by atoms with Gasteiger partial charge in [0.1, 0.15) is 17.4 Å². The summed E-state index contributed by atoms with van der Waals surface area (Å²) in [6.07, 6.45) is 0. The number of hydrogen-bond acceptors (Lipinski definition) is 7. The highest BCUT2D eigenvalue weighted by Gasteiger charge is 2.18. The Bertz CT molecular complexity index is 1230. The Morgan fingerprint density at radius 3 is 2.68 bits per heavy atom. The van der Waals surface area contributed by atoms with Crippen molar-refractivity contribution in [3.63, 3.8) is 0 Å². The first-order valence-corrected chi connectivity index (χ1v) is 10.4. The van der Waals surface area contributed by atoms with Gasteiger partial charge in [0.15, 0.2) is 5.82 Å². The van der Waals surface area contributed by atoms with Crippen molar-refractivity contribution in [2.75, 3.05) is 36.5 Å². The fourth-order valence-corrected chi connectivity index (χ4v) is 3.81. The van der Waals surface area contributed by atoms with Crippen LogP contribution < -0.4 is 15.0 Å². The van der Waals surface area contributed by atoms with E-state index in [1.54, 1.807) is 0 Å². The second-order valence-electron chi connectivity index (χ2n) is 7.45. The molecule has 3 N–H and O–H groups in total. The Labute approximate surface area is 183 Å². The van der Waals surface area contributed by atoms with Crippen LogP contribution in [0.2, 0.25) is 5.02 Å². The van der Waals surface area contributed by atoms with Gasteiger partial charge >= 0.3 is 6.01 Å². The van der Waals surface area contributed by atoms with Crippen molar-refractivity contribution in [3.05, 3.63) is 46.7 Å². The number of ether oxygens (including phenoxy) is 2. The predicted molar refractivity (Wildman–Crippen MR) is 120 cm³/mol. The lowest BCUT2D eigenvalue weighted by Crippen LogP contribution is -2.36. The molecule has 1 fully saturated rings. The number of fused-ring (bicyclic) bond motifs is 1. The quantitative estimate of drug-likeness (QED) is 0.425. The van der Waals surface area contributed by atoms with Crippen LogP contribution in [0.4, 0.5) is 17.5 Å². The van der Waals surface area contributed by atoms with Crippen LogP contribution >= 0.6 is 11.6 Å². The molecule has 31 heavy (non-hydrogen) atoms. The number of aryl methyl sites for hydroxylation is 2. The van der Waals surface area contributed by atoms with Gasteiger partial charge in [-0.05, 0) is 32.0 Å². The molecule has 5 rings (SSSR count). The smallest absolute Gasteiger partial charge is 0.325 e. The summed E-state index contributed by atoms with van der Waals surface area (Å²) in [5.74, 6) is 2.48. The fraction of sp³-hybridized carbons (Fsp3) is 0.286. The fourth-order valence-electron chi connectivity index (χ4n) is 3.56. The molecule has 1 aliphatic heterocycles. The third-order valence-corrected chi connectivity index (χ3v) is 5.42. The van der Waals surface area contributed by atoms with Gasteiger partial charge in [0, 0.05) is 47.5 Å². The van der Waals surface area contributed by atoms with E-state index in [0.29, 0.717) is 35.6 Å². The largest absolute Gasteiger partial charge is 0.423 e. The summed E-state index contributed by atoms with van der Waals surface area (Å²) in [6, 6.07) is 9.71. The summed E-state index contributed by atoms with van der Waals surface area (Å²) in [7, 11) is 0. The first-order chi connectivity index (χ1) is 15.0. The van der Waals surface area contributed by atoms with Gasteiger partial charge in [0.05, 0.1) is 18.2 Å². The average Bonchev–Trinajstić information content (AvgIpc) is 3.35. The van der Waals surface area contributed by atoms with Crippen molar-refractivity contribution in [3.8, 4) is 11.8 Å². The maximum absolute atomic E-state index is 6.61. The summed E-state index contributed by atoms with van der Waals surface area (Å²) in [4.78, 5) is 14.6. The molecule has 160 valence electrons. The van der Waals surface area contributed by atoms with Crippen molar-refractivity contribution in [2.45, 2.75) is 13.8 Å². The van der Waals surface area contributed by atoms with Crippen molar-refractivity contribution < 1.29 is 9.47 Å². The average molecular weight is 440 g/mol. The SMILES string of the molecule is Cc1cc(Nc2cc(N3CCOCC3)nc(Oc3ccc4[nH]c(C)cc4c3Cl)n2)n[nH]1. The summed E-state index contributed by atoms with van der Waals surface area (Å²) in [5.41, 5.74) is 2.93. The zero-order chi connectivity index (χ0) is 21.4. The minimum atomic E-state index is 0.201. The highest BCUT2D eigenvalue weighted by atomic mass is 35.5. The van der Waals surface area contributed by atoms with Crippen LogP contribution in [0.1, 0.15) is 11.4 Å². The van der Waals surface area contributed by atoms with Gasteiger partial charge in [-0.25, -0.2) is 0 Å². The van der Waals surface area contributed by atoms with Crippen LogP contribution in [0.5, 0.6) is 11.8 Å². The molecular formula is C21H22ClN7O2. The van der Waals surface area contributed by atoms with E-state index >= 15 is 0 Å². The number of H-pyrrole nitrogens is 2. The lowest BCUT2D eigenvalue weighted by atomic mass is 10.2. The molecule has 4 aromatic rings. The van der Waals surface area contributed by atoms with Gasteiger partial charge in [0.25, 0.3) is 0 Å². The van der Waals surface area contributed by atoms with Crippen molar-refractivity contribution in [2.24, 2.45) is 0 Å². The number of aromatic amines is 2. The molecule has 10 heteroatoms. The summed E-state index contributed by atoms with van der Waals surface area (Å²) in [6.45, 7) is 6.71. The van der Waals surface area contributed by atoms with Gasteiger partial charge in [-0.1, -0.05) is 11.6 Å². The Kier molecular flexibility index (Phi) is 5.13. The molecule has 0 amide bonds. The monoisotopic (exact) mass is 439 g/mol. The van der Waals surface area contributed by atoms with E-state index in [9.17, 15) is 0 Å². The lowest BCUT2D eigenvalue weighted by molar-refractivity contribution is 0.122. The van der Waals surface area contributed by atoms with Crippen molar-refractivity contribution >= 4 is 40.0 Å². The van der Waals surface area contributed by atoms with E-state index < -0.39 is 0 Å². The summed E-state index contributed by atoms with van der Waals surface area (Å²) < 4.78 is 11.5. The summed E-state index contributed by atoms with van der Waals surface area (Å²) in [5, 5.41) is 11.8. The molecule has 0 atom stereocenters. The topological polar surface area (TPSA) is 104 Å². The Morgan fingerprint density at radius 1 is 1.06 bits per heavy atom. The van der Waals surface area contributed by atoms with Crippen molar-refractivity contribution in [1.29, 1.82) is 0 Å². The second kappa shape index (κ2) is 8.09. The standard InChI is InChI=1S/C21H22ClN7O2/c1-12-9-14-15(23-12)3-4-16(20(14)22)31-21-25-17(24-18-10-13(2)27-28-18)11-19(26-21)29-5-7-30-8-6-29/h3-4,9-11,23H,5-8H2,1-2H3,(H2,24,25,26,27,28). The minimum absolute atomic E-state index is 0.201. The number of hydrogen-bond donors (Lipinski definition) is 3. The molecule has 4 heterocycles. The number of nitrogens with one attached hydrogen (secondary N) is 3. The number of halogens is 1.